The first-order valence-corrected chi connectivity index (χ1v) is 11.7. The molecular weight excluding hydrogens is 442 g/mol. The Balaban J connectivity index is 0.000000509. The summed E-state index contributed by atoms with van der Waals surface area (Å²) >= 11 is 0. The lowest BCUT2D eigenvalue weighted by Gasteiger charge is -2.44. The lowest BCUT2D eigenvalue weighted by molar-refractivity contribution is -0.113. The molecule has 1 aliphatic heterocycles. The summed E-state index contributed by atoms with van der Waals surface area (Å²) < 4.78 is 11.0. The van der Waals surface area contributed by atoms with Crippen LogP contribution >= 0.6 is 0 Å². The number of benzene rings is 1. The Morgan fingerprint density at radius 2 is 1.97 bits per heavy atom. The number of hydrogen-bond acceptors (Lipinski definition) is 7. The van der Waals surface area contributed by atoms with Gasteiger partial charge in [0.05, 0.1) is 24.3 Å². The average molecular weight is 478 g/mol. The maximum Gasteiger partial charge on any atom is 0.247 e. The van der Waals surface area contributed by atoms with Gasteiger partial charge in [0.1, 0.15) is 17.8 Å². The number of aromatic nitrogens is 2. The first kappa shape index (κ1) is 26.0. The second kappa shape index (κ2) is 10.3. The van der Waals surface area contributed by atoms with Gasteiger partial charge in [-0.3, -0.25) is 0 Å². The molecule has 1 aromatic heterocycles. The van der Waals surface area contributed by atoms with Gasteiger partial charge in [0, 0.05) is 16.7 Å². The summed E-state index contributed by atoms with van der Waals surface area (Å²) in [5, 5.41) is 18.6. The number of aldehydes is 1. The maximum absolute atomic E-state index is 10.9. The third kappa shape index (κ3) is 5.24. The van der Waals surface area contributed by atoms with Gasteiger partial charge in [-0.25, -0.2) is 0 Å². The highest BCUT2D eigenvalue weighted by Crippen LogP contribution is 2.50. The number of rotatable bonds is 5. The van der Waals surface area contributed by atoms with E-state index in [9.17, 15) is 9.90 Å². The predicted octanol–water partition coefficient (Wildman–Crippen LogP) is 6.39. The zero-order chi connectivity index (χ0) is 25.8. The highest BCUT2D eigenvalue weighted by molar-refractivity contribution is 5.68. The van der Waals surface area contributed by atoms with E-state index in [-0.39, 0.29) is 22.6 Å². The van der Waals surface area contributed by atoms with E-state index < -0.39 is 0 Å². The number of anilines is 1. The van der Waals surface area contributed by atoms with Gasteiger partial charge >= 0.3 is 0 Å². The Kier molecular flexibility index (Phi) is 7.68. The molecule has 1 aromatic carbocycles. The molecule has 0 amide bonds. The fraction of sp³-hybridized carbons (Fsp3) is 0.393. The average Bonchev–Trinajstić information content (AvgIpc) is 3.47. The number of ether oxygens (including phenoxy) is 1. The van der Waals surface area contributed by atoms with Crippen molar-refractivity contribution in [3.05, 3.63) is 78.3 Å². The number of aliphatic hydroxyl groups is 1. The summed E-state index contributed by atoms with van der Waals surface area (Å²) in [6, 6.07) is 7.74. The van der Waals surface area contributed by atoms with Crippen molar-refractivity contribution < 1.29 is 19.1 Å². The Morgan fingerprint density at radius 3 is 2.49 bits per heavy atom. The minimum absolute atomic E-state index is 0.106. The van der Waals surface area contributed by atoms with Crippen LogP contribution < -0.4 is 4.90 Å². The highest BCUT2D eigenvalue weighted by atomic mass is 16.5. The molecule has 0 saturated heterocycles. The topological polar surface area (TPSA) is 88.7 Å². The number of aliphatic hydroxyl groups excluding tert-OH is 1. The maximum atomic E-state index is 10.9. The lowest BCUT2D eigenvalue weighted by atomic mass is 9.72. The smallest absolute Gasteiger partial charge is 0.247 e. The largest absolute Gasteiger partial charge is 0.506 e. The third-order valence-corrected chi connectivity index (χ3v) is 6.26. The van der Waals surface area contributed by atoms with Crippen LogP contribution in [0.3, 0.4) is 0 Å². The van der Waals surface area contributed by atoms with E-state index in [0.29, 0.717) is 11.6 Å². The van der Waals surface area contributed by atoms with Crippen LogP contribution in [0.1, 0.15) is 47.5 Å². The zero-order valence-electron chi connectivity index (χ0n) is 21.4. The van der Waals surface area contributed by atoms with Gasteiger partial charge in [0.15, 0.2) is 0 Å². The molecule has 7 heteroatoms. The number of carbonyl (C=O) groups excluding carboxylic acids is 1. The molecule has 7 nitrogen and oxygen atoms in total. The van der Waals surface area contributed by atoms with Crippen molar-refractivity contribution in [2.75, 3.05) is 12.0 Å². The van der Waals surface area contributed by atoms with Gasteiger partial charge in [-0.15, -0.1) is 10.2 Å². The van der Waals surface area contributed by atoms with Crippen molar-refractivity contribution in [3.63, 3.8) is 0 Å². The molecule has 1 aliphatic carbocycles. The van der Waals surface area contributed by atoms with Crippen LogP contribution in [0.25, 0.3) is 11.5 Å². The minimum Gasteiger partial charge on any atom is -0.506 e. The van der Waals surface area contributed by atoms with E-state index in [1.165, 1.54) is 6.39 Å². The van der Waals surface area contributed by atoms with Gasteiger partial charge in [-0.1, -0.05) is 46.4 Å². The molecule has 2 heterocycles. The van der Waals surface area contributed by atoms with Crippen LogP contribution in [0.5, 0.6) is 0 Å². The van der Waals surface area contributed by atoms with Crippen molar-refractivity contribution >= 4 is 12.0 Å². The van der Waals surface area contributed by atoms with Crippen molar-refractivity contribution in [2.45, 2.75) is 53.5 Å². The summed E-state index contributed by atoms with van der Waals surface area (Å²) in [5.41, 5.74) is 2.86. The number of hydrogen-bond donors (Lipinski definition) is 1. The van der Waals surface area contributed by atoms with Crippen molar-refractivity contribution in [1.82, 2.24) is 10.2 Å². The quantitative estimate of drug-likeness (QED) is 0.499. The molecule has 2 aliphatic rings. The molecule has 2 aromatic rings. The van der Waals surface area contributed by atoms with E-state index in [0.717, 1.165) is 41.7 Å². The van der Waals surface area contributed by atoms with Crippen molar-refractivity contribution in [2.24, 2.45) is 10.8 Å². The van der Waals surface area contributed by atoms with Crippen molar-refractivity contribution in [1.29, 1.82) is 0 Å². The van der Waals surface area contributed by atoms with Gasteiger partial charge in [0.2, 0.25) is 12.3 Å². The second-order valence-electron chi connectivity index (χ2n) is 10.0. The van der Waals surface area contributed by atoms with Gasteiger partial charge in [-0.05, 0) is 55.7 Å². The van der Waals surface area contributed by atoms with Crippen LogP contribution in [-0.4, -0.2) is 34.7 Å². The molecular formula is C28H35N3O4. The highest BCUT2D eigenvalue weighted by Gasteiger charge is 2.49. The number of methoxy groups -OCH3 is 1. The van der Waals surface area contributed by atoms with Crippen LogP contribution in [0, 0.1) is 10.8 Å². The van der Waals surface area contributed by atoms with Crippen molar-refractivity contribution in [3.8, 4) is 11.5 Å². The molecule has 0 spiro atoms. The van der Waals surface area contributed by atoms with Gasteiger partial charge in [0.25, 0.3) is 0 Å². The summed E-state index contributed by atoms with van der Waals surface area (Å²) in [5.74, 6) is 1.63. The predicted molar refractivity (Wildman–Crippen MR) is 138 cm³/mol. The van der Waals surface area contributed by atoms with E-state index in [2.05, 4.69) is 41.6 Å². The monoisotopic (exact) mass is 477 g/mol. The Labute approximate surface area is 207 Å². The van der Waals surface area contributed by atoms with E-state index in [1.54, 1.807) is 7.11 Å². The van der Waals surface area contributed by atoms with Crippen LogP contribution in [0.4, 0.5) is 5.69 Å². The van der Waals surface area contributed by atoms with E-state index in [4.69, 9.17) is 9.15 Å². The molecule has 2 unspecified atom stereocenters. The van der Waals surface area contributed by atoms with Crippen LogP contribution in [0.15, 0.2) is 82.7 Å². The normalized spacial score (nSPS) is 22.0. The third-order valence-electron chi connectivity index (χ3n) is 6.26. The van der Waals surface area contributed by atoms with Gasteiger partial charge < -0.3 is 24.0 Å². The van der Waals surface area contributed by atoms with Crippen LogP contribution in [-0.2, 0) is 9.53 Å². The Bertz CT molecular complexity index is 1140. The first-order valence-electron chi connectivity index (χ1n) is 11.7. The molecule has 0 radical (unpaired) electrons. The Morgan fingerprint density at radius 1 is 1.31 bits per heavy atom. The minimum atomic E-state index is -0.340. The number of carbonyl (C=O) groups is 1. The number of allylic oxidation sites excluding steroid dienone is 3. The summed E-state index contributed by atoms with van der Waals surface area (Å²) in [4.78, 5) is 11.9. The molecule has 1 N–H and O–H groups in total. The zero-order valence-corrected chi connectivity index (χ0v) is 21.4. The molecule has 0 fully saturated rings. The van der Waals surface area contributed by atoms with E-state index >= 15 is 0 Å². The SMILES string of the molecule is C=C1C(O)=C(CC)C(C2(C)CC=CC=C2OC)N1c1ccc(-c2nnco2)cc1.CC(C)(C)C=O. The molecule has 186 valence electrons. The molecule has 35 heavy (non-hydrogen) atoms. The molecule has 0 bridgehead atoms. The molecule has 4 rings (SSSR count). The Hall–Kier alpha value is -3.61. The molecule has 2 atom stereocenters. The first-order chi connectivity index (χ1) is 16.6. The lowest BCUT2D eigenvalue weighted by Crippen LogP contribution is -2.46. The molecule has 0 saturated carbocycles. The van der Waals surface area contributed by atoms with Gasteiger partial charge in [-0.2, -0.15) is 0 Å². The standard InChI is InChI=1S/C23H25N3O3.C5H10O/c1-5-18-20(27)15(2)26(21(18)23(3)13-7-6-8-19(23)28-4)17-11-9-16(10-12-17)22-25-24-14-29-22;1-5(2,3)4-6/h6-12,14,21,27H,2,5,13H2,1,3-4H3;4H,1-3H3. The van der Waals surface area contributed by atoms with E-state index in [1.807, 2.05) is 57.2 Å². The fourth-order valence-electron chi connectivity index (χ4n) is 4.45. The second-order valence-corrected chi connectivity index (χ2v) is 10.0. The fourth-order valence-corrected chi connectivity index (χ4v) is 4.45. The van der Waals surface area contributed by atoms with Crippen LogP contribution in [0.2, 0.25) is 0 Å². The summed E-state index contributed by atoms with van der Waals surface area (Å²) in [6.45, 7) is 14.1. The number of nitrogens with zero attached hydrogens (tertiary/aromatic N) is 3. The summed E-state index contributed by atoms with van der Waals surface area (Å²) in [7, 11) is 1.70. The summed E-state index contributed by atoms with van der Waals surface area (Å²) in [6.07, 6.45) is 9.94.